The number of rotatable bonds is 9. The van der Waals surface area contributed by atoms with E-state index in [0.717, 1.165) is 31.4 Å². The molecular formula is C16H26FNO. The van der Waals surface area contributed by atoms with Gasteiger partial charge < -0.3 is 10.1 Å². The maximum atomic E-state index is 13.5. The van der Waals surface area contributed by atoms with Crippen LogP contribution in [0.4, 0.5) is 4.39 Å². The summed E-state index contributed by atoms with van der Waals surface area (Å²) in [6.07, 6.45) is 3.23. The Morgan fingerprint density at radius 1 is 1.26 bits per heavy atom. The fourth-order valence-corrected chi connectivity index (χ4v) is 1.90. The molecule has 0 spiro atoms. The summed E-state index contributed by atoms with van der Waals surface area (Å²) in [6.45, 7) is 8.79. The van der Waals surface area contributed by atoms with Crippen molar-refractivity contribution in [1.82, 2.24) is 5.32 Å². The van der Waals surface area contributed by atoms with E-state index in [1.165, 1.54) is 6.07 Å². The Bertz CT molecular complexity index is 366. The van der Waals surface area contributed by atoms with Gasteiger partial charge in [-0.25, -0.2) is 4.39 Å². The second kappa shape index (κ2) is 8.92. The van der Waals surface area contributed by atoms with Crippen molar-refractivity contribution in [2.45, 2.75) is 46.6 Å². The van der Waals surface area contributed by atoms with Crippen LogP contribution in [0.2, 0.25) is 0 Å². The van der Waals surface area contributed by atoms with Gasteiger partial charge in [0.1, 0.15) is 11.6 Å². The number of nitrogens with one attached hydrogen (secondary N) is 1. The largest absolute Gasteiger partial charge is 0.493 e. The summed E-state index contributed by atoms with van der Waals surface area (Å²) >= 11 is 0. The van der Waals surface area contributed by atoms with E-state index >= 15 is 0 Å². The first-order valence-electron chi connectivity index (χ1n) is 7.24. The van der Waals surface area contributed by atoms with E-state index in [4.69, 9.17) is 4.74 Å². The van der Waals surface area contributed by atoms with Crippen LogP contribution in [0, 0.1) is 11.7 Å². The number of halogens is 1. The molecule has 1 rings (SSSR count). The van der Waals surface area contributed by atoms with Gasteiger partial charge in [0.25, 0.3) is 0 Å². The average Bonchev–Trinajstić information content (AvgIpc) is 2.34. The Morgan fingerprint density at radius 3 is 2.74 bits per heavy atom. The molecule has 19 heavy (non-hydrogen) atoms. The van der Waals surface area contributed by atoms with Gasteiger partial charge in [-0.1, -0.05) is 20.8 Å². The lowest BCUT2D eigenvalue weighted by atomic mass is 10.1. The minimum Gasteiger partial charge on any atom is -0.493 e. The number of hydrogen-bond acceptors (Lipinski definition) is 2. The van der Waals surface area contributed by atoms with E-state index in [-0.39, 0.29) is 5.82 Å². The number of hydrogen-bond donors (Lipinski definition) is 1. The fraction of sp³-hybridized carbons (Fsp3) is 0.625. The minimum atomic E-state index is -0.227. The normalized spacial score (nSPS) is 11.0. The van der Waals surface area contributed by atoms with Crippen LogP contribution in [0.3, 0.4) is 0 Å². The van der Waals surface area contributed by atoms with Gasteiger partial charge in [0.15, 0.2) is 0 Å². The van der Waals surface area contributed by atoms with E-state index in [1.54, 1.807) is 6.07 Å². The van der Waals surface area contributed by atoms with Crippen molar-refractivity contribution in [2.75, 3.05) is 13.2 Å². The monoisotopic (exact) mass is 267 g/mol. The van der Waals surface area contributed by atoms with Crippen molar-refractivity contribution in [3.8, 4) is 5.75 Å². The third-order valence-corrected chi connectivity index (χ3v) is 2.88. The van der Waals surface area contributed by atoms with Gasteiger partial charge in [-0.3, -0.25) is 0 Å². The molecule has 0 aliphatic carbocycles. The molecule has 1 N–H and O–H groups in total. The van der Waals surface area contributed by atoms with Gasteiger partial charge in [-0.2, -0.15) is 0 Å². The predicted octanol–water partition coefficient (Wildman–Crippen LogP) is 4.14. The molecule has 108 valence electrons. The number of benzene rings is 1. The van der Waals surface area contributed by atoms with Crippen LogP contribution in [0.25, 0.3) is 0 Å². The maximum absolute atomic E-state index is 13.5. The molecular weight excluding hydrogens is 241 g/mol. The zero-order valence-corrected chi connectivity index (χ0v) is 12.3. The van der Waals surface area contributed by atoms with Gasteiger partial charge in [0, 0.05) is 12.6 Å². The molecule has 0 atom stereocenters. The molecule has 0 aromatic heterocycles. The Morgan fingerprint density at radius 2 is 2.05 bits per heavy atom. The minimum absolute atomic E-state index is 0.227. The summed E-state index contributed by atoms with van der Waals surface area (Å²) in [5, 5.41) is 3.27. The first-order chi connectivity index (χ1) is 9.11. The summed E-state index contributed by atoms with van der Waals surface area (Å²) < 4.78 is 19.1. The van der Waals surface area contributed by atoms with Gasteiger partial charge in [-0.15, -0.1) is 0 Å². The van der Waals surface area contributed by atoms with E-state index in [2.05, 4.69) is 26.1 Å². The van der Waals surface area contributed by atoms with Crippen LogP contribution in [0.15, 0.2) is 18.2 Å². The summed E-state index contributed by atoms with van der Waals surface area (Å²) in [6, 6.07) is 4.93. The van der Waals surface area contributed by atoms with Gasteiger partial charge in [-0.05, 0) is 49.4 Å². The molecule has 0 saturated carbocycles. The highest BCUT2D eigenvalue weighted by atomic mass is 19.1. The molecule has 1 aromatic carbocycles. The van der Waals surface area contributed by atoms with Crippen molar-refractivity contribution in [3.05, 3.63) is 29.6 Å². The average molecular weight is 267 g/mol. The molecule has 1 aromatic rings. The summed E-state index contributed by atoms with van der Waals surface area (Å²) in [5.41, 5.74) is 0.937. The van der Waals surface area contributed by atoms with Crippen LogP contribution in [0.5, 0.6) is 5.75 Å². The Balaban J connectivity index is 2.44. The van der Waals surface area contributed by atoms with Crippen LogP contribution in [0.1, 0.15) is 45.6 Å². The molecule has 0 saturated heterocycles. The van der Waals surface area contributed by atoms with Gasteiger partial charge >= 0.3 is 0 Å². The van der Waals surface area contributed by atoms with Crippen molar-refractivity contribution < 1.29 is 9.13 Å². The van der Waals surface area contributed by atoms with Crippen LogP contribution < -0.4 is 10.1 Å². The highest BCUT2D eigenvalue weighted by Crippen LogP contribution is 2.17. The lowest BCUT2D eigenvalue weighted by Gasteiger charge is -2.10. The van der Waals surface area contributed by atoms with E-state index < -0.39 is 0 Å². The van der Waals surface area contributed by atoms with E-state index in [1.807, 2.05) is 6.07 Å². The van der Waals surface area contributed by atoms with Crippen molar-refractivity contribution in [1.29, 1.82) is 0 Å². The van der Waals surface area contributed by atoms with Crippen molar-refractivity contribution in [2.24, 2.45) is 5.92 Å². The van der Waals surface area contributed by atoms with Crippen LogP contribution in [-0.4, -0.2) is 13.2 Å². The first-order valence-corrected chi connectivity index (χ1v) is 7.24. The quantitative estimate of drug-likeness (QED) is 0.679. The first kappa shape index (κ1) is 16.0. The topological polar surface area (TPSA) is 21.3 Å². The third kappa shape index (κ3) is 7.16. The second-order valence-electron chi connectivity index (χ2n) is 5.36. The van der Waals surface area contributed by atoms with Gasteiger partial charge in [0.05, 0.1) is 6.61 Å². The fourth-order valence-electron chi connectivity index (χ4n) is 1.90. The summed E-state index contributed by atoms with van der Waals surface area (Å²) in [4.78, 5) is 0. The molecule has 0 heterocycles. The molecule has 2 nitrogen and oxygen atoms in total. The highest BCUT2D eigenvalue weighted by molar-refractivity contribution is 5.29. The number of ether oxygens (including phenoxy) is 1. The smallest absolute Gasteiger partial charge is 0.127 e. The lowest BCUT2D eigenvalue weighted by Crippen LogP contribution is -2.14. The molecule has 0 aliphatic rings. The van der Waals surface area contributed by atoms with Gasteiger partial charge in [0.2, 0.25) is 0 Å². The standard InChI is InChI=1S/C16H26FNO/c1-4-7-18-12-14-9-15(17)11-16(10-14)19-8-5-6-13(2)3/h9-11,13,18H,4-8,12H2,1-3H3. The predicted molar refractivity (Wildman–Crippen MR) is 78.0 cm³/mol. The Hall–Kier alpha value is -1.09. The molecule has 0 unspecified atom stereocenters. The van der Waals surface area contributed by atoms with Crippen molar-refractivity contribution in [3.63, 3.8) is 0 Å². The second-order valence-corrected chi connectivity index (χ2v) is 5.36. The van der Waals surface area contributed by atoms with Crippen LogP contribution >= 0.6 is 0 Å². The zero-order chi connectivity index (χ0) is 14.1. The maximum Gasteiger partial charge on any atom is 0.127 e. The summed E-state index contributed by atoms with van der Waals surface area (Å²) in [7, 11) is 0. The van der Waals surface area contributed by atoms with E-state index in [0.29, 0.717) is 24.8 Å². The third-order valence-electron chi connectivity index (χ3n) is 2.88. The molecule has 0 radical (unpaired) electrons. The Labute approximate surface area is 116 Å². The van der Waals surface area contributed by atoms with Crippen molar-refractivity contribution >= 4 is 0 Å². The zero-order valence-electron chi connectivity index (χ0n) is 12.3. The molecule has 0 aliphatic heterocycles. The SMILES string of the molecule is CCCNCc1cc(F)cc(OCCCC(C)C)c1. The van der Waals surface area contributed by atoms with Crippen LogP contribution in [-0.2, 0) is 6.54 Å². The molecule has 3 heteroatoms. The molecule has 0 bridgehead atoms. The van der Waals surface area contributed by atoms with E-state index in [9.17, 15) is 4.39 Å². The Kier molecular flexibility index (Phi) is 7.49. The lowest BCUT2D eigenvalue weighted by molar-refractivity contribution is 0.296. The molecule has 0 fully saturated rings. The molecule has 0 amide bonds. The highest BCUT2D eigenvalue weighted by Gasteiger charge is 2.02. The summed E-state index contributed by atoms with van der Waals surface area (Å²) in [5.74, 6) is 1.09.